The van der Waals surface area contributed by atoms with Crippen LogP contribution in [0.5, 0.6) is 0 Å². The van der Waals surface area contributed by atoms with Crippen LogP contribution in [0.3, 0.4) is 0 Å². The van der Waals surface area contributed by atoms with E-state index in [4.69, 9.17) is 11.6 Å². The summed E-state index contributed by atoms with van der Waals surface area (Å²) in [6, 6.07) is 3.18. The molecule has 0 saturated heterocycles. The van der Waals surface area contributed by atoms with E-state index in [0.29, 0.717) is 10.6 Å². The highest BCUT2D eigenvalue weighted by Crippen LogP contribution is 2.20. The van der Waals surface area contributed by atoms with Gasteiger partial charge in [0.15, 0.2) is 0 Å². The van der Waals surface area contributed by atoms with Gasteiger partial charge in [-0.15, -0.1) is 0 Å². The first-order valence-corrected chi connectivity index (χ1v) is 5.32. The van der Waals surface area contributed by atoms with Crippen molar-refractivity contribution in [3.8, 4) is 0 Å². The van der Waals surface area contributed by atoms with E-state index in [1.54, 1.807) is 13.0 Å². The highest BCUT2D eigenvalue weighted by Gasteiger charge is 2.05. The Hall–Kier alpha value is -0.640. The van der Waals surface area contributed by atoms with Crippen molar-refractivity contribution in [1.82, 2.24) is 10.6 Å². The first-order chi connectivity index (χ1) is 7.15. The normalized spacial score (nSPS) is 10.7. The third kappa shape index (κ3) is 3.78. The van der Waals surface area contributed by atoms with Crippen molar-refractivity contribution in [2.24, 2.45) is 0 Å². The molecule has 2 nitrogen and oxygen atoms in total. The summed E-state index contributed by atoms with van der Waals surface area (Å²) in [4.78, 5) is 0. The smallest absolute Gasteiger partial charge is 0.126 e. The van der Waals surface area contributed by atoms with Gasteiger partial charge in [0.25, 0.3) is 0 Å². The molecule has 0 saturated carbocycles. The first kappa shape index (κ1) is 12.4. The summed E-state index contributed by atoms with van der Waals surface area (Å²) in [6.45, 7) is 3.24. The molecule has 0 heterocycles. The Morgan fingerprint density at radius 1 is 1.40 bits per heavy atom. The maximum atomic E-state index is 13.2. The number of rotatable bonds is 5. The molecule has 0 amide bonds. The first-order valence-electron chi connectivity index (χ1n) is 4.95. The molecule has 0 aromatic heterocycles. The van der Waals surface area contributed by atoms with Gasteiger partial charge in [0.1, 0.15) is 5.82 Å². The van der Waals surface area contributed by atoms with Crippen LogP contribution in [0.2, 0.25) is 5.02 Å². The summed E-state index contributed by atoms with van der Waals surface area (Å²) in [7, 11) is 1.87. The zero-order valence-electron chi connectivity index (χ0n) is 9.03. The molecule has 1 rings (SSSR count). The zero-order chi connectivity index (χ0) is 11.3. The maximum Gasteiger partial charge on any atom is 0.126 e. The van der Waals surface area contributed by atoms with E-state index in [1.807, 2.05) is 7.05 Å². The van der Waals surface area contributed by atoms with E-state index >= 15 is 0 Å². The van der Waals surface area contributed by atoms with Gasteiger partial charge in [-0.2, -0.15) is 0 Å². The predicted octanol–water partition coefficient (Wildman–Crippen LogP) is 2.10. The molecule has 0 spiro atoms. The van der Waals surface area contributed by atoms with Crippen LogP contribution in [0.15, 0.2) is 12.1 Å². The monoisotopic (exact) mass is 230 g/mol. The van der Waals surface area contributed by atoms with Crippen LogP contribution < -0.4 is 10.6 Å². The van der Waals surface area contributed by atoms with Gasteiger partial charge in [-0.1, -0.05) is 11.6 Å². The van der Waals surface area contributed by atoms with Gasteiger partial charge >= 0.3 is 0 Å². The molecule has 0 fully saturated rings. The lowest BCUT2D eigenvalue weighted by atomic mass is 10.1. The van der Waals surface area contributed by atoms with Crippen molar-refractivity contribution in [1.29, 1.82) is 0 Å². The quantitative estimate of drug-likeness (QED) is 0.598. The standard InChI is InChI=1S/C11H16ClFN2/c1-8-5-10(12)9(6-11(8)13)3-4-15-7-14-2/h5-6,14-15H,3-4,7H2,1-2H3. The van der Waals surface area contributed by atoms with E-state index in [-0.39, 0.29) is 5.82 Å². The molecule has 0 atom stereocenters. The summed E-state index contributed by atoms with van der Waals surface area (Å²) >= 11 is 6.00. The van der Waals surface area contributed by atoms with Crippen molar-refractivity contribution in [3.63, 3.8) is 0 Å². The summed E-state index contributed by atoms with van der Waals surface area (Å²) in [6.07, 6.45) is 0.734. The molecule has 1 aromatic carbocycles. The van der Waals surface area contributed by atoms with Crippen LogP contribution in [0.25, 0.3) is 0 Å². The topological polar surface area (TPSA) is 24.1 Å². The second-order valence-electron chi connectivity index (χ2n) is 3.47. The fourth-order valence-electron chi connectivity index (χ4n) is 1.32. The number of nitrogens with one attached hydrogen (secondary N) is 2. The molecule has 2 N–H and O–H groups in total. The van der Waals surface area contributed by atoms with E-state index in [9.17, 15) is 4.39 Å². The van der Waals surface area contributed by atoms with E-state index < -0.39 is 0 Å². The van der Waals surface area contributed by atoms with Crippen LogP contribution in [0, 0.1) is 12.7 Å². The maximum absolute atomic E-state index is 13.2. The number of benzene rings is 1. The average molecular weight is 231 g/mol. The Morgan fingerprint density at radius 2 is 2.13 bits per heavy atom. The minimum absolute atomic E-state index is 0.192. The van der Waals surface area contributed by atoms with Crippen LogP contribution in [0.1, 0.15) is 11.1 Å². The molecule has 84 valence electrons. The van der Waals surface area contributed by atoms with Gasteiger partial charge in [0, 0.05) is 18.2 Å². The molecular formula is C11H16ClFN2. The molecule has 1 aromatic rings. The third-order valence-electron chi connectivity index (χ3n) is 2.20. The van der Waals surface area contributed by atoms with Crippen molar-refractivity contribution < 1.29 is 4.39 Å². The van der Waals surface area contributed by atoms with Crippen molar-refractivity contribution >= 4 is 11.6 Å². The minimum Gasteiger partial charge on any atom is -0.308 e. The average Bonchev–Trinajstić information content (AvgIpc) is 2.20. The highest BCUT2D eigenvalue weighted by molar-refractivity contribution is 6.31. The van der Waals surface area contributed by atoms with Crippen molar-refractivity contribution in [2.45, 2.75) is 13.3 Å². The third-order valence-corrected chi connectivity index (χ3v) is 2.55. The van der Waals surface area contributed by atoms with Crippen molar-refractivity contribution in [3.05, 3.63) is 34.1 Å². The molecule has 0 radical (unpaired) electrons. The van der Waals surface area contributed by atoms with Gasteiger partial charge in [-0.05, 0) is 43.7 Å². The molecule has 0 aliphatic rings. The Labute approximate surface area is 94.8 Å². The summed E-state index contributed by atoms with van der Waals surface area (Å²) < 4.78 is 13.2. The molecule has 0 aliphatic heterocycles. The molecule has 0 bridgehead atoms. The summed E-state index contributed by atoms with van der Waals surface area (Å²) in [5.74, 6) is -0.192. The van der Waals surface area contributed by atoms with Gasteiger partial charge in [0.05, 0.1) is 0 Å². The molecular weight excluding hydrogens is 215 g/mol. The van der Waals surface area contributed by atoms with Gasteiger partial charge in [-0.25, -0.2) is 4.39 Å². The lowest BCUT2D eigenvalue weighted by Crippen LogP contribution is -2.27. The van der Waals surface area contributed by atoms with Crippen LogP contribution in [-0.4, -0.2) is 20.3 Å². The predicted molar refractivity (Wildman–Crippen MR) is 61.8 cm³/mol. The lowest BCUT2D eigenvalue weighted by molar-refractivity contribution is 0.609. The highest BCUT2D eigenvalue weighted by atomic mass is 35.5. The van der Waals surface area contributed by atoms with Crippen LogP contribution >= 0.6 is 11.6 Å². The van der Waals surface area contributed by atoms with Crippen LogP contribution in [-0.2, 0) is 6.42 Å². The number of hydrogen-bond acceptors (Lipinski definition) is 2. The zero-order valence-corrected chi connectivity index (χ0v) is 9.79. The van der Waals surface area contributed by atoms with Gasteiger partial charge in [-0.3, -0.25) is 0 Å². The lowest BCUT2D eigenvalue weighted by Gasteiger charge is -2.07. The molecule has 0 unspecified atom stereocenters. The van der Waals surface area contributed by atoms with E-state index in [0.717, 1.165) is 25.2 Å². The molecule has 15 heavy (non-hydrogen) atoms. The van der Waals surface area contributed by atoms with E-state index in [1.165, 1.54) is 6.07 Å². The Bertz CT molecular complexity index is 329. The van der Waals surface area contributed by atoms with Crippen molar-refractivity contribution in [2.75, 3.05) is 20.3 Å². The summed E-state index contributed by atoms with van der Waals surface area (Å²) in [5.41, 5.74) is 1.44. The summed E-state index contributed by atoms with van der Waals surface area (Å²) in [5, 5.41) is 6.76. The Kier molecular flexibility index (Phi) is 5.02. The number of halogens is 2. The van der Waals surface area contributed by atoms with Gasteiger partial charge < -0.3 is 10.6 Å². The van der Waals surface area contributed by atoms with Gasteiger partial charge in [0.2, 0.25) is 0 Å². The fourth-order valence-corrected chi connectivity index (χ4v) is 1.63. The fraction of sp³-hybridized carbons (Fsp3) is 0.455. The molecule has 0 aliphatic carbocycles. The number of hydrogen-bond donors (Lipinski definition) is 2. The Balaban J connectivity index is 2.57. The van der Waals surface area contributed by atoms with E-state index in [2.05, 4.69) is 10.6 Å². The number of aryl methyl sites for hydroxylation is 1. The Morgan fingerprint density at radius 3 is 2.80 bits per heavy atom. The SMILES string of the molecule is CNCNCCc1cc(F)c(C)cc1Cl. The largest absolute Gasteiger partial charge is 0.308 e. The second kappa shape index (κ2) is 6.05. The minimum atomic E-state index is -0.192. The second-order valence-corrected chi connectivity index (χ2v) is 3.88. The molecule has 4 heteroatoms. The van der Waals surface area contributed by atoms with Crippen LogP contribution in [0.4, 0.5) is 4.39 Å².